The number of para-hydroxylation sites is 1. The first kappa shape index (κ1) is 22.1. The van der Waals surface area contributed by atoms with E-state index in [2.05, 4.69) is 10.6 Å². The molecule has 0 spiro atoms. The van der Waals surface area contributed by atoms with Gasteiger partial charge in [-0.05, 0) is 43.0 Å². The Morgan fingerprint density at radius 3 is 2.24 bits per heavy atom. The van der Waals surface area contributed by atoms with Crippen molar-refractivity contribution in [2.24, 2.45) is 0 Å². The lowest BCUT2D eigenvalue weighted by Gasteiger charge is -2.19. The van der Waals surface area contributed by atoms with Crippen molar-refractivity contribution in [3.8, 4) is 5.75 Å². The van der Waals surface area contributed by atoms with Gasteiger partial charge in [-0.15, -0.1) is 0 Å². The van der Waals surface area contributed by atoms with Crippen LogP contribution in [0, 0.1) is 0 Å². The summed E-state index contributed by atoms with van der Waals surface area (Å²) < 4.78 is 5.97. The fourth-order valence-corrected chi connectivity index (χ4v) is 3.67. The van der Waals surface area contributed by atoms with E-state index in [1.807, 2.05) is 79.7 Å². The number of fused-ring (bicyclic) bond motifs is 1. The Bertz CT molecular complexity index is 1270. The quantitative estimate of drug-likeness (QED) is 0.387. The molecule has 0 aliphatic heterocycles. The molecule has 0 radical (unpaired) electrons. The van der Waals surface area contributed by atoms with Crippen LogP contribution < -0.4 is 15.4 Å². The molecule has 0 fully saturated rings. The van der Waals surface area contributed by atoms with Crippen molar-refractivity contribution in [1.29, 1.82) is 0 Å². The Kier molecular flexibility index (Phi) is 6.69. The van der Waals surface area contributed by atoms with Crippen molar-refractivity contribution >= 4 is 28.3 Å². The van der Waals surface area contributed by atoms with E-state index >= 15 is 0 Å². The molecule has 0 saturated carbocycles. The van der Waals surface area contributed by atoms with Gasteiger partial charge in [-0.3, -0.25) is 9.59 Å². The largest absolute Gasteiger partial charge is 0.480 e. The number of rotatable bonds is 7. The maximum absolute atomic E-state index is 12.9. The minimum absolute atomic E-state index is 0.170. The lowest BCUT2D eigenvalue weighted by atomic mass is 10.1. The zero-order chi connectivity index (χ0) is 23.2. The Hall–Kier alpha value is -4.12. The second-order valence-electron chi connectivity index (χ2n) is 7.88. The van der Waals surface area contributed by atoms with Crippen molar-refractivity contribution in [1.82, 2.24) is 5.32 Å². The van der Waals surface area contributed by atoms with E-state index in [1.165, 1.54) is 0 Å². The fraction of sp³-hybridized carbons (Fsp3) is 0.143. The maximum atomic E-state index is 12.9. The third-order valence-corrected chi connectivity index (χ3v) is 5.50. The number of carbonyl (C=O) groups excluding carboxylic acids is 2. The molecule has 0 aromatic heterocycles. The topological polar surface area (TPSA) is 67.4 Å². The molecule has 0 bridgehead atoms. The zero-order valence-electron chi connectivity index (χ0n) is 18.6. The molecule has 166 valence electrons. The minimum Gasteiger partial charge on any atom is -0.480 e. The monoisotopic (exact) mass is 438 g/mol. The second kappa shape index (κ2) is 10.0. The van der Waals surface area contributed by atoms with Crippen molar-refractivity contribution < 1.29 is 14.3 Å². The van der Waals surface area contributed by atoms with Gasteiger partial charge in [0.2, 0.25) is 0 Å². The van der Waals surface area contributed by atoms with Crippen LogP contribution in [0.3, 0.4) is 0 Å². The first-order valence-electron chi connectivity index (χ1n) is 10.9. The fourth-order valence-electron chi connectivity index (χ4n) is 3.67. The predicted molar refractivity (Wildman–Crippen MR) is 131 cm³/mol. The van der Waals surface area contributed by atoms with Gasteiger partial charge in [0.1, 0.15) is 5.75 Å². The van der Waals surface area contributed by atoms with Gasteiger partial charge in [0.15, 0.2) is 6.10 Å². The summed E-state index contributed by atoms with van der Waals surface area (Å²) >= 11 is 0. The van der Waals surface area contributed by atoms with Crippen LogP contribution in [0.4, 0.5) is 5.69 Å². The van der Waals surface area contributed by atoms with Crippen LogP contribution in [0.1, 0.15) is 35.8 Å². The highest BCUT2D eigenvalue weighted by Gasteiger charge is 2.20. The summed E-state index contributed by atoms with van der Waals surface area (Å²) in [6.45, 7) is 3.62. The van der Waals surface area contributed by atoms with Crippen LogP contribution in [0.25, 0.3) is 10.8 Å². The van der Waals surface area contributed by atoms with Crippen molar-refractivity contribution in [2.45, 2.75) is 26.0 Å². The zero-order valence-corrected chi connectivity index (χ0v) is 18.6. The van der Waals surface area contributed by atoms with Crippen molar-refractivity contribution in [3.63, 3.8) is 0 Å². The van der Waals surface area contributed by atoms with E-state index in [9.17, 15) is 9.59 Å². The number of ether oxygens (including phenoxy) is 1. The van der Waals surface area contributed by atoms with Gasteiger partial charge in [-0.2, -0.15) is 0 Å². The van der Waals surface area contributed by atoms with Crippen LogP contribution in [-0.2, 0) is 4.79 Å². The molecule has 4 aromatic carbocycles. The van der Waals surface area contributed by atoms with E-state index in [0.717, 1.165) is 16.3 Å². The summed E-state index contributed by atoms with van der Waals surface area (Å²) in [5, 5.41) is 7.82. The number of carbonyl (C=O) groups is 2. The average molecular weight is 439 g/mol. The highest BCUT2D eigenvalue weighted by molar-refractivity contribution is 6.04. The van der Waals surface area contributed by atoms with Crippen LogP contribution in [0.15, 0.2) is 97.1 Å². The van der Waals surface area contributed by atoms with Gasteiger partial charge < -0.3 is 15.4 Å². The number of benzene rings is 4. The van der Waals surface area contributed by atoms with Crippen LogP contribution >= 0.6 is 0 Å². The summed E-state index contributed by atoms with van der Waals surface area (Å²) in [7, 11) is 0. The Balaban J connectivity index is 1.46. The lowest BCUT2D eigenvalue weighted by Crippen LogP contribution is -2.32. The summed E-state index contributed by atoms with van der Waals surface area (Å²) in [5.41, 5.74) is 1.84. The Morgan fingerprint density at radius 2 is 1.42 bits per heavy atom. The van der Waals surface area contributed by atoms with E-state index in [4.69, 9.17) is 4.74 Å². The van der Waals surface area contributed by atoms with Crippen LogP contribution in [-0.4, -0.2) is 17.9 Å². The van der Waals surface area contributed by atoms with Crippen molar-refractivity contribution in [2.75, 3.05) is 5.32 Å². The molecule has 2 amide bonds. The highest BCUT2D eigenvalue weighted by Crippen LogP contribution is 2.26. The molecule has 5 nitrogen and oxygen atoms in total. The molecule has 33 heavy (non-hydrogen) atoms. The van der Waals surface area contributed by atoms with E-state index in [0.29, 0.717) is 17.0 Å². The summed E-state index contributed by atoms with van der Waals surface area (Å²) in [6, 6.07) is 30.1. The molecular weight excluding hydrogens is 412 g/mol. The molecule has 2 atom stereocenters. The first-order valence-corrected chi connectivity index (χ1v) is 10.9. The van der Waals surface area contributed by atoms with Gasteiger partial charge >= 0.3 is 0 Å². The number of hydrogen-bond donors (Lipinski definition) is 2. The molecule has 4 rings (SSSR count). The van der Waals surface area contributed by atoms with Gasteiger partial charge in [0, 0.05) is 5.39 Å². The SMILES string of the molecule is C[C@H](Oc1cccc2ccccc12)C(=O)Nc1ccccc1C(=O)N[C@H](C)c1ccccc1. The minimum atomic E-state index is -0.754. The second-order valence-corrected chi connectivity index (χ2v) is 7.88. The summed E-state index contributed by atoms with van der Waals surface area (Å²) in [5.74, 6) is 0.0441. The smallest absolute Gasteiger partial charge is 0.265 e. The van der Waals surface area contributed by atoms with E-state index in [1.54, 1.807) is 31.2 Å². The first-order chi connectivity index (χ1) is 16.0. The maximum Gasteiger partial charge on any atom is 0.265 e. The van der Waals surface area contributed by atoms with Gasteiger partial charge in [0.05, 0.1) is 17.3 Å². The number of anilines is 1. The van der Waals surface area contributed by atoms with Gasteiger partial charge in [0.25, 0.3) is 11.8 Å². The number of nitrogens with one attached hydrogen (secondary N) is 2. The molecule has 2 N–H and O–H groups in total. The molecule has 5 heteroatoms. The normalized spacial score (nSPS) is 12.5. The predicted octanol–water partition coefficient (Wildman–Crippen LogP) is 5.74. The molecule has 0 aliphatic rings. The Labute approximate surface area is 193 Å². The molecule has 0 aliphatic carbocycles. The van der Waals surface area contributed by atoms with Crippen LogP contribution in [0.5, 0.6) is 5.75 Å². The molecule has 0 heterocycles. The molecule has 4 aromatic rings. The van der Waals surface area contributed by atoms with Crippen molar-refractivity contribution in [3.05, 3.63) is 108 Å². The summed E-state index contributed by atoms with van der Waals surface area (Å²) in [4.78, 5) is 25.8. The van der Waals surface area contributed by atoms with E-state index in [-0.39, 0.29) is 17.9 Å². The van der Waals surface area contributed by atoms with Gasteiger partial charge in [-0.25, -0.2) is 0 Å². The molecule has 0 saturated heterocycles. The van der Waals surface area contributed by atoms with E-state index < -0.39 is 6.10 Å². The Morgan fingerprint density at radius 1 is 0.758 bits per heavy atom. The number of amides is 2. The van der Waals surface area contributed by atoms with Gasteiger partial charge in [-0.1, -0.05) is 78.9 Å². The highest BCUT2D eigenvalue weighted by atomic mass is 16.5. The van der Waals surface area contributed by atoms with Crippen LogP contribution in [0.2, 0.25) is 0 Å². The standard InChI is InChI=1S/C28H26N2O3/c1-19(21-11-4-3-5-12-21)29-28(32)24-16-8-9-17-25(24)30-27(31)20(2)33-26-18-10-14-22-13-6-7-15-23(22)26/h3-20H,1-2H3,(H,29,32)(H,30,31)/t19-,20+/m1/s1. The average Bonchev–Trinajstić information content (AvgIpc) is 2.85. The summed E-state index contributed by atoms with van der Waals surface area (Å²) in [6.07, 6.45) is -0.754. The third-order valence-electron chi connectivity index (χ3n) is 5.50. The molecule has 0 unspecified atom stereocenters. The lowest BCUT2D eigenvalue weighted by molar-refractivity contribution is -0.122. The molecular formula is C28H26N2O3. The third kappa shape index (κ3) is 5.21. The number of hydrogen-bond acceptors (Lipinski definition) is 3.